The molecule has 0 aliphatic rings. The molecule has 0 amide bonds. The lowest BCUT2D eigenvalue weighted by Crippen LogP contribution is -2.28. The third-order valence-corrected chi connectivity index (χ3v) is 3.15. The van der Waals surface area contributed by atoms with Crippen LogP contribution >= 0.6 is 12.2 Å². The smallest absolute Gasteiger partial charge is 0.186 e. The molecule has 22 heavy (non-hydrogen) atoms. The van der Waals surface area contributed by atoms with E-state index in [1.165, 1.54) is 6.07 Å². The number of nitrogens with zero attached hydrogens (tertiary/aromatic N) is 1. The monoisotopic (exact) mass is 317 g/mol. The number of ether oxygens (including phenoxy) is 1. The first-order chi connectivity index (χ1) is 10.7. The number of nitrogens with one attached hydrogen (secondary N) is 2. The van der Waals surface area contributed by atoms with Crippen LogP contribution in [0.4, 0.5) is 4.39 Å². The Hall–Kier alpha value is -2.47. The quantitative estimate of drug-likeness (QED) is 0.506. The van der Waals surface area contributed by atoms with Gasteiger partial charge in [-0.15, -0.1) is 0 Å². The summed E-state index contributed by atoms with van der Waals surface area (Å²) in [5, 5.41) is 7.18. The van der Waals surface area contributed by atoms with E-state index in [1.54, 1.807) is 37.5 Å². The maximum absolute atomic E-state index is 13.6. The van der Waals surface area contributed by atoms with Gasteiger partial charge >= 0.3 is 0 Å². The summed E-state index contributed by atoms with van der Waals surface area (Å²) in [6, 6.07) is 13.9. The van der Waals surface area contributed by atoms with Crippen molar-refractivity contribution in [3.8, 4) is 5.75 Å². The van der Waals surface area contributed by atoms with Crippen molar-refractivity contribution >= 4 is 23.5 Å². The first kappa shape index (κ1) is 15.9. The summed E-state index contributed by atoms with van der Waals surface area (Å²) in [7, 11) is 1.70. The van der Waals surface area contributed by atoms with Crippen molar-refractivity contribution in [2.24, 2.45) is 5.10 Å². The summed E-state index contributed by atoms with van der Waals surface area (Å²) in [5.74, 6) is 0.335. The summed E-state index contributed by atoms with van der Waals surface area (Å²) in [4.78, 5) is 0. The highest BCUT2D eigenvalue weighted by atomic mass is 32.1. The van der Waals surface area contributed by atoms with Gasteiger partial charge in [0.2, 0.25) is 0 Å². The molecule has 2 aromatic carbocycles. The van der Waals surface area contributed by atoms with Crippen molar-refractivity contribution in [1.29, 1.82) is 0 Å². The zero-order valence-electron chi connectivity index (χ0n) is 12.0. The molecule has 0 aromatic heterocycles. The predicted octanol–water partition coefficient (Wildman–Crippen LogP) is 2.83. The first-order valence-electron chi connectivity index (χ1n) is 6.66. The van der Waals surface area contributed by atoms with E-state index in [9.17, 15) is 4.39 Å². The molecular weight excluding hydrogens is 301 g/mol. The van der Waals surface area contributed by atoms with Crippen LogP contribution in [0.1, 0.15) is 11.1 Å². The fourth-order valence-corrected chi connectivity index (χ4v) is 1.76. The van der Waals surface area contributed by atoms with Gasteiger partial charge < -0.3 is 10.1 Å². The number of hydrazone groups is 1. The summed E-state index contributed by atoms with van der Waals surface area (Å²) < 4.78 is 19.3. The normalized spacial score (nSPS) is 10.5. The van der Waals surface area contributed by atoms with Crippen molar-refractivity contribution in [3.63, 3.8) is 0 Å². The molecule has 0 aliphatic carbocycles. The first-order valence-corrected chi connectivity index (χ1v) is 7.07. The van der Waals surface area contributed by atoms with Crippen LogP contribution < -0.4 is 15.5 Å². The average Bonchev–Trinajstić information content (AvgIpc) is 2.55. The minimum Gasteiger partial charge on any atom is -0.488 e. The average molecular weight is 317 g/mol. The van der Waals surface area contributed by atoms with E-state index < -0.39 is 0 Å². The molecule has 0 spiro atoms. The molecule has 2 aromatic rings. The van der Waals surface area contributed by atoms with Crippen molar-refractivity contribution in [3.05, 3.63) is 65.5 Å². The van der Waals surface area contributed by atoms with Crippen LogP contribution in [0.25, 0.3) is 0 Å². The molecule has 0 radical (unpaired) electrons. The Labute approximate surface area is 134 Å². The molecular formula is C16H16FN3OS. The Morgan fingerprint density at radius 3 is 2.73 bits per heavy atom. The topological polar surface area (TPSA) is 45.7 Å². The van der Waals surface area contributed by atoms with Gasteiger partial charge in [0.15, 0.2) is 5.11 Å². The van der Waals surface area contributed by atoms with Gasteiger partial charge in [0.25, 0.3) is 0 Å². The van der Waals surface area contributed by atoms with Crippen LogP contribution in [-0.2, 0) is 6.61 Å². The SMILES string of the molecule is CNC(=S)N/N=C/c1ccccc1OCc1ccccc1F. The number of thiocarbonyl (C=S) groups is 1. The lowest BCUT2D eigenvalue weighted by molar-refractivity contribution is 0.299. The van der Waals surface area contributed by atoms with E-state index in [-0.39, 0.29) is 12.4 Å². The second-order valence-electron chi connectivity index (χ2n) is 4.37. The molecule has 4 nitrogen and oxygen atoms in total. The molecule has 0 saturated carbocycles. The zero-order valence-corrected chi connectivity index (χ0v) is 12.9. The van der Waals surface area contributed by atoms with Gasteiger partial charge in [0, 0.05) is 18.2 Å². The fourth-order valence-electron chi connectivity index (χ4n) is 1.71. The number of benzene rings is 2. The zero-order chi connectivity index (χ0) is 15.8. The third-order valence-electron chi connectivity index (χ3n) is 2.86. The minimum absolute atomic E-state index is 0.153. The van der Waals surface area contributed by atoms with Gasteiger partial charge in [-0.2, -0.15) is 5.10 Å². The van der Waals surface area contributed by atoms with Crippen LogP contribution in [0.3, 0.4) is 0 Å². The summed E-state index contributed by atoms with van der Waals surface area (Å²) in [6.45, 7) is 0.153. The highest BCUT2D eigenvalue weighted by Gasteiger charge is 2.04. The van der Waals surface area contributed by atoms with Gasteiger partial charge in [-0.1, -0.05) is 30.3 Å². The van der Waals surface area contributed by atoms with Gasteiger partial charge in [-0.25, -0.2) is 4.39 Å². The number of para-hydroxylation sites is 1. The van der Waals surface area contributed by atoms with Crippen LogP contribution in [0, 0.1) is 5.82 Å². The van der Waals surface area contributed by atoms with Crippen molar-refractivity contribution < 1.29 is 9.13 Å². The molecule has 6 heteroatoms. The second kappa shape index (κ2) is 8.09. The highest BCUT2D eigenvalue weighted by molar-refractivity contribution is 7.80. The van der Waals surface area contributed by atoms with Crippen molar-refractivity contribution in [1.82, 2.24) is 10.7 Å². The maximum Gasteiger partial charge on any atom is 0.186 e. The summed E-state index contributed by atoms with van der Waals surface area (Å²) in [6.07, 6.45) is 1.60. The van der Waals surface area contributed by atoms with E-state index in [1.807, 2.05) is 18.2 Å². The van der Waals surface area contributed by atoms with E-state index in [0.29, 0.717) is 16.4 Å². The van der Waals surface area contributed by atoms with E-state index in [2.05, 4.69) is 15.8 Å². The van der Waals surface area contributed by atoms with E-state index >= 15 is 0 Å². The third kappa shape index (κ3) is 4.53. The van der Waals surface area contributed by atoms with E-state index in [0.717, 1.165) is 5.56 Å². The molecule has 0 atom stereocenters. The molecule has 0 unspecified atom stereocenters. The number of rotatable bonds is 5. The molecule has 0 aliphatic heterocycles. The Kier molecular flexibility index (Phi) is 5.85. The van der Waals surface area contributed by atoms with Crippen LogP contribution in [-0.4, -0.2) is 18.4 Å². The fraction of sp³-hybridized carbons (Fsp3) is 0.125. The molecule has 0 heterocycles. The maximum atomic E-state index is 13.6. The number of hydrogen-bond acceptors (Lipinski definition) is 3. The van der Waals surface area contributed by atoms with Gasteiger partial charge in [-0.05, 0) is 30.4 Å². The number of halogens is 1. The molecule has 0 saturated heterocycles. The van der Waals surface area contributed by atoms with Gasteiger partial charge in [0.05, 0.1) is 6.21 Å². The van der Waals surface area contributed by atoms with Crippen LogP contribution in [0.2, 0.25) is 0 Å². The lowest BCUT2D eigenvalue weighted by atomic mass is 10.2. The standard InChI is InChI=1S/C16H16FN3OS/c1-18-16(22)20-19-10-12-6-3-5-9-15(12)21-11-13-7-2-4-8-14(13)17/h2-10H,11H2,1H3,(H2,18,20,22)/b19-10+. The molecule has 2 rings (SSSR count). The van der Waals surface area contributed by atoms with Crippen LogP contribution in [0.15, 0.2) is 53.6 Å². The highest BCUT2D eigenvalue weighted by Crippen LogP contribution is 2.18. The van der Waals surface area contributed by atoms with Crippen LogP contribution in [0.5, 0.6) is 5.75 Å². The predicted molar refractivity (Wildman–Crippen MR) is 89.6 cm³/mol. The Bertz CT molecular complexity index is 676. The Morgan fingerprint density at radius 2 is 1.95 bits per heavy atom. The number of hydrogen-bond donors (Lipinski definition) is 2. The lowest BCUT2D eigenvalue weighted by Gasteiger charge is -2.09. The Balaban J connectivity index is 2.05. The molecule has 2 N–H and O–H groups in total. The van der Waals surface area contributed by atoms with Gasteiger partial charge in [-0.3, -0.25) is 5.43 Å². The minimum atomic E-state index is -0.283. The summed E-state index contributed by atoms with van der Waals surface area (Å²) >= 11 is 4.92. The second-order valence-corrected chi connectivity index (χ2v) is 4.78. The molecule has 0 bridgehead atoms. The summed E-state index contributed by atoms with van der Waals surface area (Å²) in [5.41, 5.74) is 3.94. The largest absolute Gasteiger partial charge is 0.488 e. The van der Waals surface area contributed by atoms with Gasteiger partial charge in [0.1, 0.15) is 18.2 Å². The Morgan fingerprint density at radius 1 is 1.23 bits per heavy atom. The van der Waals surface area contributed by atoms with E-state index in [4.69, 9.17) is 17.0 Å². The van der Waals surface area contributed by atoms with Crippen molar-refractivity contribution in [2.75, 3.05) is 7.05 Å². The molecule has 114 valence electrons. The molecule has 0 fully saturated rings. The van der Waals surface area contributed by atoms with Crippen molar-refractivity contribution in [2.45, 2.75) is 6.61 Å².